The molecule has 0 bridgehead atoms. The van der Waals surface area contributed by atoms with Crippen molar-refractivity contribution in [3.8, 4) is 0 Å². The summed E-state index contributed by atoms with van der Waals surface area (Å²) in [6.07, 6.45) is 1.88. The number of anilines is 1. The standard InChI is InChI=1S/C20H23FN2O/c1-14-6-3-4-8-17(14)16-10-12-23(13-11-16)20(24)22-18-9-5-7-15(2)19(18)21/h3-9,16H,10-13H2,1-2H3,(H,22,24). The van der Waals surface area contributed by atoms with Crippen molar-refractivity contribution in [2.24, 2.45) is 0 Å². The molecule has 0 spiro atoms. The molecule has 0 unspecified atom stereocenters. The van der Waals surface area contributed by atoms with Gasteiger partial charge in [0.1, 0.15) is 5.82 Å². The fourth-order valence-corrected chi connectivity index (χ4v) is 3.38. The monoisotopic (exact) mass is 326 g/mol. The van der Waals surface area contributed by atoms with Gasteiger partial charge in [-0.25, -0.2) is 9.18 Å². The number of halogens is 1. The first kappa shape index (κ1) is 16.5. The third kappa shape index (κ3) is 3.42. The second-order valence-corrected chi connectivity index (χ2v) is 6.48. The van der Waals surface area contributed by atoms with Crippen LogP contribution in [0.3, 0.4) is 0 Å². The van der Waals surface area contributed by atoms with Crippen molar-refractivity contribution in [2.75, 3.05) is 18.4 Å². The summed E-state index contributed by atoms with van der Waals surface area (Å²) >= 11 is 0. The Morgan fingerprint density at radius 3 is 2.42 bits per heavy atom. The summed E-state index contributed by atoms with van der Waals surface area (Å²) in [7, 11) is 0. The number of aryl methyl sites for hydroxylation is 2. The van der Waals surface area contributed by atoms with Gasteiger partial charge in [-0.3, -0.25) is 0 Å². The van der Waals surface area contributed by atoms with Gasteiger partial charge in [0.15, 0.2) is 0 Å². The van der Waals surface area contributed by atoms with Gasteiger partial charge in [0, 0.05) is 13.1 Å². The lowest BCUT2D eigenvalue weighted by molar-refractivity contribution is 0.194. The van der Waals surface area contributed by atoms with Crippen LogP contribution in [0.4, 0.5) is 14.9 Å². The number of benzene rings is 2. The average molecular weight is 326 g/mol. The number of nitrogens with one attached hydrogen (secondary N) is 1. The Morgan fingerprint density at radius 2 is 1.71 bits per heavy atom. The second kappa shape index (κ2) is 7.04. The summed E-state index contributed by atoms with van der Waals surface area (Å²) in [4.78, 5) is 14.2. The van der Waals surface area contributed by atoms with E-state index in [1.165, 1.54) is 11.1 Å². The molecule has 3 rings (SSSR count). The molecule has 0 aliphatic carbocycles. The molecule has 1 saturated heterocycles. The molecule has 0 atom stereocenters. The van der Waals surface area contributed by atoms with Gasteiger partial charge in [0.05, 0.1) is 5.69 Å². The Balaban J connectivity index is 1.61. The number of hydrogen-bond acceptors (Lipinski definition) is 1. The molecule has 126 valence electrons. The maximum Gasteiger partial charge on any atom is 0.321 e. The minimum atomic E-state index is -0.361. The van der Waals surface area contributed by atoms with Crippen LogP contribution in [0.25, 0.3) is 0 Å². The number of urea groups is 1. The first-order chi connectivity index (χ1) is 11.6. The number of carbonyl (C=O) groups is 1. The van der Waals surface area contributed by atoms with Crippen molar-refractivity contribution in [3.05, 3.63) is 65.0 Å². The van der Waals surface area contributed by atoms with Crippen LogP contribution in [0, 0.1) is 19.7 Å². The summed E-state index contributed by atoms with van der Waals surface area (Å²) in [5.74, 6) is 0.131. The van der Waals surface area contributed by atoms with Gasteiger partial charge in [-0.15, -0.1) is 0 Å². The van der Waals surface area contributed by atoms with E-state index in [4.69, 9.17) is 0 Å². The molecule has 1 N–H and O–H groups in total. The Kier molecular flexibility index (Phi) is 4.84. The van der Waals surface area contributed by atoms with Crippen LogP contribution in [-0.2, 0) is 0 Å². The van der Waals surface area contributed by atoms with Crippen LogP contribution in [0.2, 0.25) is 0 Å². The smallest absolute Gasteiger partial charge is 0.321 e. The van der Waals surface area contributed by atoms with Gasteiger partial charge in [0.25, 0.3) is 0 Å². The fourth-order valence-electron chi connectivity index (χ4n) is 3.38. The highest BCUT2D eigenvalue weighted by molar-refractivity contribution is 5.89. The molecular weight excluding hydrogens is 303 g/mol. The van der Waals surface area contributed by atoms with Crippen LogP contribution >= 0.6 is 0 Å². The van der Waals surface area contributed by atoms with E-state index in [9.17, 15) is 9.18 Å². The van der Waals surface area contributed by atoms with E-state index in [1.54, 1.807) is 30.0 Å². The number of hydrogen-bond donors (Lipinski definition) is 1. The van der Waals surface area contributed by atoms with Crippen molar-refractivity contribution in [2.45, 2.75) is 32.6 Å². The summed E-state index contributed by atoms with van der Waals surface area (Å²) in [5, 5.41) is 2.70. The lowest BCUT2D eigenvalue weighted by Gasteiger charge is -2.33. The molecule has 1 fully saturated rings. The van der Waals surface area contributed by atoms with E-state index >= 15 is 0 Å². The van der Waals surface area contributed by atoms with Crippen molar-refractivity contribution < 1.29 is 9.18 Å². The van der Waals surface area contributed by atoms with Crippen LogP contribution < -0.4 is 5.32 Å². The molecule has 4 heteroatoms. The molecule has 1 aliphatic heterocycles. The van der Waals surface area contributed by atoms with Crippen LogP contribution in [-0.4, -0.2) is 24.0 Å². The Labute approximate surface area is 142 Å². The lowest BCUT2D eigenvalue weighted by atomic mass is 9.87. The number of piperidine rings is 1. The van der Waals surface area contributed by atoms with Crippen LogP contribution in [0.1, 0.15) is 35.4 Å². The molecule has 24 heavy (non-hydrogen) atoms. The largest absolute Gasteiger partial charge is 0.324 e. The maximum atomic E-state index is 14.0. The van der Waals surface area contributed by atoms with Crippen molar-refractivity contribution in [1.29, 1.82) is 0 Å². The SMILES string of the molecule is Cc1ccccc1C1CCN(C(=O)Nc2cccc(C)c2F)CC1. The first-order valence-electron chi connectivity index (χ1n) is 8.43. The molecular formula is C20H23FN2O. The van der Waals surface area contributed by atoms with Crippen molar-refractivity contribution in [3.63, 3.8) is 0 Å². The minimum absolute atomic E-state index is 0.220. The lowest BCUT2D eigenvalue weighted by Crippen LogP contribution is -2.40. The van der Waals surface area contributed by atoms with E-state index in [0.717, 1.165) is 12.8 Å². The minimum Gasteiger partial charge on any atom is -0.324 e. The van der Waals surface area contributed by atoms with E-state index in [-0.39, 0.29) is 17.5 Å². The molecule has 1 heterocycles. The second-order valence-electron chi connectivity index (χ2n) is 6.48. The zero-order valence-corrected chi connectivity index (χ0v) is 14.2. The van der Waals surface area contributed by atoms with Gasteiger partial charge in [-0.2, -0.15) is 0 Å². The maximum absolute atomic E-state index is 14.0. The van der Waals surface area contributed by atoms with Gasteiger partial charge < -0.3 is 10.2 Å². The zero-order chi connectivity index (χ0) is 17.1. The Hall–Kier alpha value is -2.36. The van der Waals surface area contributed by atoms with Gasteiger partial charge in [-0.05, 0) is 55.4 Å². The molecule has 3 nitrogen and oxygen atoms in total. The number of nitrogens with zero attached hydrogens (tertiary/aromatic N) is 1. The van der Waals surface area contributed by atoms with Crippen molar-refractivity contribution in [1.82, 2.24) is 4.90 Å². The fraction of sp³-hybridized carbons (Fsp3) is 0.350. The summed E-state index contributed by atoms with van der Waals surface area (Å²) < 4.78 is 14.0. The molecule has 2 amide bonds. The summed E-state index contributed by atoms with van der Waals surface area (Å²) in [6.45, 7) is 5.21. The topological polar surface area (TPSA) is 32.3 Å². The molecule has 2 aromatic carbocycles. The van der Waals surface area contributed by atoms with Crippen molar-refractivity contribution >= 4 is 11.7 Å². The predicted octanol–water partition coefficient (Wildman–Crippen LogP) is 4.85. The van der Waals surface area contributed by atoms with Crippen LogP contribution in [0.5, 0.6) is 0 Å². The Morgan fingerprint density at radius 1 is 1.04 bits per heavy atom. The van der Waals surface area contributed by atoms with Gasteiger partial charge in [-0.1, -0.05) is 36.4 Å². The quantitative estimate of drug-likeness (QED) is 0.840. The third-order valence-electron chi connectivity index (χ3n) is 4.84. The van der Waals surface area contributed by atoms with Gasteiger partial charge >= 0.3 is 6.03 Å². The molecule has 0 saturated carbocycles. The molecule has 2 aromatic rings. The normalized spacial score (nSPS) is 15.4. The molecule has 0 aromatic heterocycles. The zero-order valence-electron chi connectivity index (χ0n) is 14.2. The third-order valence-corrected chi connectivity index (χ3v) is 4.84. The number of rotatable bonds is 2. The number of likely N-dealkylation sites (tertiary alicyclic amines) is 1. The van der Waals surface area contributed by atoms with E-state index in [1.807, 2.05) is 0 Å². The molecule has 1 aliphatic rings. The van der Waals surface area contributed by atoms with Gasteiger partial charge in [0.2, 0.25) is 0 Å². The highest BCUT2D eigenvalue weighted by Gasteiger charge is 2.25. The summed E-state index contributed by atoms with van der Waals surface area (Å²) in [6, 6.07) is 13.3. The van der Waals surface area contributed by atoms with E-state index in [2.05, 4.69) is 36.5 Å². The average Bonchev–Trinajstić information content (AvgIpc) is 2.59. The summed E-state index contributed by atoms with van der Waals surface area (Å²) in [5.41, 5.74) is 3.47. The van der Waals surface area contributed by atoms with Crippen LogP contribution in [0.15, 0.2) is 42.5 Å². The first-order valence-corrected chi connectivity index (χ1v) is 8.43. The number of carbonyl (C=O) groups excluding carboxylic acids is 1. The predicted molar refractivity (Wildman–Crippen MR) is 94.9 cm³/mol. The highest BCUT2D eigenvalue weighted by Crippen LogP contribution is 2.30. The Bertz CT molecular complexity index is 736. The van der Waals surface area contributed by atoms with E-state index in [0.29, 0.717) is 24.6 Å². The molecule has 0 radical (unpaired) electrons. The number of amides is 2. The van der Waals surface area contributed by atoms with E-state index < -0.39 is 0 Å². The highest BCUT2D eigenvalue weighted by atomic mass is 19.1.